The molecule has 1 aliphatic rings. The van der Waals surface area contributed by atoms with Crippen LogP contribution in [0.25, 0.3) is 0 Å². The highest BCUT2D eigenvalue weighted by molar-refractivity contribution is 7.14. The van der Waals surface area contributed by atoms with E-state index in [2.05, 4.69) is 5.32 Å². The first-order valence-electron chi connectivity index (χ1n) is 3.96. The van der Waals surface area contributed by atoms with Crippen molar-refractivity contribution in [2.45, 2.75) is 6.42 Å². The van der Waals surface area contributed by atoms with E-state index in [0.29, 0.717) is 0 Å². The second-order valence-corrected chi connectivity index (χ2v) is 3.70. The predicted octanol–water partition coefficient (Wildman–Crippen LogP) is 1.99. The first-order chi connectivity index (χ1) is 5.86. The molecule has 4 heteroatoms. The largest absolute Gasteiger partial charge is 0.324 e. The molecule has 0 aromatic carbocycles. The topological polar surface area (TPSA) is 32.3 Å². The van der Waals surface area contributed by atoms with Crippen LogP contribution < -0.4 is 5.32 Å². The minimum atomic E-state index is 0.0312. The van der Waals surface area contributed by atoms with Crippen LogP contribution in [0.3, 0.4) is 0 Å². The fourth-order valence-corrected chi connectivity index (χ4v) is 1.66. The number of carbonyl (C=O) groups excluding carboxylic acids is 1. The molecule has 1 N–H and O–H groups in total. The first-order valence-corrected chi connectivity index (χ1v) is 4.84. The number of hydrogen-bond acceptors (Lipinski definition) is 2. The highest BCUT2D eigenvalue weighted by atomic mass is 32.1. The average molecular weight is 182 g/mol. The summed E-state index contributed by atoms with van der Waals surface area (Å²) in [4.78, 5) is 13.1. The molecule has 2 heterocycles. The second kappa shape index (κ2) is 3.15. The van der Waals surface area contributed by atoms with Gasteiger partial charge in [-0.05, 0) is 23.9 Å². The van der Waals surface area contributed by atoms with Crippen molar-refractivity contribution in [3.8, 4) is 0 Å². The Hall–Kier alpha value is -1.03. The van der Waals surface area contributed by atoms with Crippen LogP contribution in [0.4, 0.5) is 9.80 Å². The Morgan fingerprint density at radius 1 is 1.58 bits per heavy atom. The van der Waals surface area contributed by atoms with Crippen LogP contribution in [-0.4, -0.2) is 24.0 Å². The Kier molecular flexibility index (Phi) is 1.99. The number of thiophene rings is 1. The molecule has 3 nitrogen and oxygen atoms in total. The molecule has 0 saturated carbocycles. The van der Waals surface area contributed by atoms with Crippen molar-refractivity contribution >= 4 is 22.4 Å². The highest BCUT2D eigenvalue weighted by Crippen LogP contribution is 2.16. The highest BCUT2D eigenvalue weighted by Gasteiger charge is 2.19. The van der Waals surface area contributed by atoms with Crippen molar-refractivity contribution in [1.29, 1.82) is 0 Å². The molecule has 1 aromatic rings. The van der Waals surface area contributed by atoms with Gasteiger partial charge in [0.15, 0.2) is 0 Å². The minimum Gasteiger partial charge on any atom is -0.324 e. The lowest BCUT2D eigenvalue weighted by molar-refractivity contribution is 0.181. The van der Waals surface area contributed by atoms with E-state index in [4.69, 9.17) is 0 Å². The summed E-state index contributed by atoms with van der Waals surface area (Å²) in [5.41, 5.74) is 0. The quantitative estimate of drug-likeness (QED) is 0.707. The van der Waals surface area contributed by atoms with Gasteiger partial charge in [-0.3, -0.25) is 5.32 Å². The van der Waals surface area contributed by atoms with E-state index in [1.807, 2.05) is 17.5 Å². The van der Waals surface area contributed by atoms with Gasteiger partial charge in [-0.1, -0.05) is 0 Å². The molecule has 2 rings (SSSR count). The fraction of sp³-hybridized carbons (Fsp3) is 0.375. The summed E-state index contributed by atoms with van der Waals surface area (Å²) in [5, 5.41) is 5.70. The number of likely N-dealkylation sites (tertiary alicyclic amines) is 1. The molecule has 0 atom stereocenters. The van der Waals surface area contributed by atoms with Crippen LogP contribution in [0.1, 0.15) is 6.42 Å². The van der Waals surface area contributed by atoms with Gasteiger partial charge in [0.1, 0.15) is 0 Å². The number of rotatable bonds is 1. The van der Waals surface area contributed by atoms with E-state index in [1.165, 1.54) is 0 Å². The Balaban J connectivity index is 1.90. The molecule has 12 heavy (non-hydrogen) atoms. The van der Waals surface area contributed by atoms with E-state index in [0.717, 1.165) is 24.5 Å². The predicted molar refractivity (Wildman–Crippen MR) is 49.5 cm³/mol. The molecule has 1 aromatic heterocycles. The third-order valence-corrected chi connectivity index (χ3v) is 2.68. The van der Waals surface area contributed by atoms with Gasteiger partial charge in [0.2, 0.25) is 0 Å². The monoisotopic (exact) mass is 182 g/mol. The summed E-state index contributed by atoms with van der Waals surface area (Å²) in [6.45, 7) is 1.80. The van der Waals surface area contributed by atoms with Crippen LogP contribution in [0.2, 0.25) is 0 Å². The van der Waals surface area contributed by atoms with Crippen molar-refractivity contribution in [3.05, 3.63) is 17.5 Å². The van der Waals surface area contributed by atoms with E-state index in [9.17, 15) is 4.79 Å². The average Bonchev–Trinajstić information content (AvgIpc) is 2.34. The van der Waals surface area contributed by atoms with Gasteiger partial charge in [-0.15, -0.1) is 11.3 Å². The number of carbonyl (C=O) groups is 1. The lowest BCUT2D eigenvalue weighted by atomic mass is 10.2. The number of nitrogens with one attached hydrogen (secondary N) is 1. The molecule has 0 unspecified atom stereocenters. The Morgan fingerprint density at radius 2 is 2.42 bits per heavy atom. The van der Waals surface area contributed by atoms with E-state index >= 15 is 0 Å². The van der Waals surface area contributed by atoms with Gasteiger partial charge in [0.05, 0.1) is 5.00 Å². The van der Waals surface area contributed by atoms with Crippen LogP contribution >= 0.6 is 11.3 Å². The zero-order chi connectivity index (χ0) is 8.39. The number of hydrogen-bond donors (Lipinski definition) is 1. The lowest BCUT2D eigenvalue weighted by Crippen LogP contribution is -2.44. The zero-order valence-corrected chi connectivity index (χ0v) is 7.43. The molecule has 0 spiro atoms. The standard InChI is InChI=1S/C8H10N2OS/c11-8(10-4-2-5-10)9-7-3-1-6-12-7/h1,3,6H,2,4-5H2,(H,9,11). The summed E-state index contributed by atoms with van der Waals surface area (Å²) >= 11 is 1.54. The molecule has 0 aliphatic carbocycles. The van der Waals surface area contributed by atoms with Gasteiger partial charge in [-0.2, -0.15) is 0 Å². The molecule has 0 bridgehead atoms. The van der Waals surface area contributed by atoms with Crippen molar-refractivity contribution in [2.24, 2.45) is 0 Å². The third kappa shape index (κ3) is 1.43. The van der Waals surface area contributed by atoms with Gasteiger partial charge >= 0.3 is 6.03 Å². The van der Waals surface area contributed by atoms with E-state index in [1.54, 1.807) is 16.2 Å². The molecule has 1 aliphatic heterocycles. The maximum Gasteiger partial charge on any atom is 0.322 e. The van der Waals surface area contributed by atoms with Crippen molar-refractivity contribution in [1.82, 2.24) is 4.90 Å². The van der Waals surface area contributed by atoms with Crippen LogP contribution in [-0.2, 0) is 0 Å². The minimum absolute atomic E-state index is 0.0312. The molecule has 1 fully saturated rings. The summed E-state index contributed by atoms with van der Waals surface area (Å²) in [6.07, 6.45) is 1.14. The van der Waals surface area contributed by atoms with Gasteiger partial charge < -0.3 is 4.90 Å². The van der Waals surface area contributed by atoms with Gasteiger partial charge in [0.25, 0.3) is 0 Å². The Bertz CT molecular complexity index is 267. The van der Waals surface area contributed by atoms with Crippen LogP contribution in [0.5, 0.6) is 0 Å². The van der Waals surface area contributed by atoms with Crippen molar-refractivity contribution in [2.75, 3.05) is 18.4 Å². The van der Waals surface area contributed by atoms with Crippen LogP contribution in [0.15, 0.2) is 17.5 Å². The molecular formula is C8H10N2OS. The number of nitrogens with zero attached hydrogens (tertiary/aromatic N) is 1. The molecule has 64 valence electrons. The Morgan fingerprint density at radius 3 is 2.92 bits per heavy atom. The summed E-state index contributed by atoms with van der Waals surface area (Å²) in [7, 11) is 0. The van der Waals surface area contributed by atoms with Gasteiger partial charge in [0, 0.05) is 13.1 Å². The fourth-order valence-electron chi connectivity index (χ4n) is 1.05. The van der Waals surface area contributed by atoms with Gasteiger partial charge in [-0.25, -0.2) is 4.79 Å². The SMILES string of the molecule is O=C(Nc1cccs1)N1CCC1. The lowest BCUT2D eigenvalue weighted by Gasteiger charge is -2.30. The summed E-state index contributed by atoms with van der Waals surface area (Å²) < 4.78 is 0. The molecule has 0 radical (unpaired) electrons. The normalized spacial score (nSPS) is 15.5. The van der Waals surface area contributed by atoms with E-state index < -0.39 is 0 Å². The Labute approximate surface area is 75.0 Å². The number of urea groups is 1. The van der Waals surface area contributed by atoms with Crippen molar-refractivity contribution in [3.63, 3.8) is 0 Å². The number of anilines is 1. The second-order valence-electron chi connectivity index (χ2n) is 2.75. The van der Waals surface area contributed by atoms with Crippen molar-refractivity contribution < 1.29 is 4.79 Å². The molecule has 2 amide bonds. The summed E-state index contributed by atoms with van der Waals surface area (Å²) in [5.74, 6) is 0. The van der Waals surface area contributed by atoms with Crippen LogP contribution in [0, 0.1) is 0 Å². The molecule has 1 saturated heterocycles. The smallest absolute Gasteiger partial charge is 0.322 e. The van der Waals surface area contributed by atoms with E-state index in [-0.39, 0.29) is 6.03 Å². The number of amides is 2. The third-order valence-electron chi connectivity index (χ3n) is 1.89. The zero-order valence-electron chi connectivity index (χ0n) is 6.62. The maximum absolute atomic E-state index is 11.3. The summed E-state index contributed by atoms with van der Waals surface area (Å²) in [6, 6.07) is 3.86. The molecular weight excluding hydrogens is 172 g/mol. The maximum atomic E-state index is 11.3. The first kappa shape index (κ1) is 7.61.